The maximum atomic E-state index is 11.8. The van der Waals surface area contributed by atoms with E-state index < -0.39 is 0 Å². The highest BCUT2D eigenvalue weighted by atomic mass is 16.2. The summed E-state index contributed by atoms with van der Waals surface area (Å²) in [6.45, 7) is 3.69. The van der Waals surface area contributed by atoms with Crippen LogP contribution in [0.1, 0.15) is 29.3 Å². The lowest BCUT2D eigenvalue weighted by Crippen LogP contribution is -2.37. The van der Waals surface area contributed by atoms with Crippen LogP contribution in [-0.4, -0.2) is 44.5 Å². The number of nitrogens with zero attached hydrogens (tertiary/aromatic N) is 2. The predicted octanol–water partition coefficient (Wildman–Crippen LogP) is 1.46. The molecule has 0 saturated heterocycles. The van der Waals surface area contributed by atoms with Crippen LogP contribution in [0.2, 0.25) is 0 Å². The fraction of sp³-hybridized carbons (Fsp3) is 0.467. The van der Waals surface area contributed by atoms with Crippen LogP contribution in [0.4, 0.5) is 0 Å². The molecule has 0 radical (unpaired) electrons. The van der Waals surface area contributed by atoms with Gasteiger partial charge >= 0.3 is 0 Å². The smallest absolute Gasteiger partial charge is 0.253 e. The first-order valence-electron chi connectivity index (χ1n) is 6.83. The Morgan fingerprint density at radius 2 is 1.85 bits per heavy atom. The van der Waals surface area contributed by atoms with E-state index in [1.807, 2.05) is 24.3 Å². The van der Waals surface area contributed by atoms with Crippen LogP contribution < -0.4 is 10.6 Å². The Hall–Kier alpha value is -2.04. The second kappa shape index (κ2) is 8.19. The van der Waals surface area contributed by atoms with Crippen molar-refractivity contribution in [2.24, 2.45) is 4.99 Å². The molecule has 0 unspecified atom stereocenters. The molecule has 0 spiro atoms. The zero-order valence-electron chi connectivity index (χ0n) is 12.7. The third kappa shape index (κ3) is 4.91. The van der Waals surface area contributed by atoms with Crippen LogP contribution in [0.25, 0.3) is 0 Å². The third-order valence-electron chi connectivity index (χ3n) is 2.83. The molecule has 1 aromatic rings. The number of hydrogen-bond donors (Lipinski definition) is 2. The summed E-state index contributed by atoms with van der Waals surface area (Å²) < 4.78 is 0. The Balaban J connectivity index is 2.55. The number of benzene rings is 1. The molecule has 0 heterocycles. The van der Waals surface area contributed by atoms with E-state index in [1.54, 1.807) is 26.0 Å². The Morgan fingerprint density at radius 1 is 1.20 bits per heavy atom. The molecule has 0 saturated carbocycles. The van der Waals surface area contributed by atoms with Crippen LogP contribution in [0.15, 0.2) is 29.3 Å². The summed E-state index contributed by atoms with van der Waals surface area (Å²) in [6.07, 6.45) is 1.06. The maximum Gasteiger partial charge on any atom is 0.253 e. The first kappa shape index (κ1) is 16.0. The summed E-state index contributed by atoms with van der Waals surface area (Å²) in [5.41, 5.74) is 1.81. The predicted molar refractivity (Wildman–Crippen MR) is 83.0 cm³/mol. The minimum Gasteiger partial charge on any atom is -0.356 e. The first-order valence-corrected chi connectivity index (χ1v) is 6.83. The molecule has 1 rings (SSSR count). The molecule has 1 amide bonds. The van der Waals surface area contributed by atoms with Gasteiger partial charge in [-0.1, -0.05) is 19.1 Å². The Bertz CT molecular complexity index is 451. The van der Waals surface area contributed by atoms with E-state index in [-0.39, 0.29) is 5.91 Å². The molecule has 0 aliphatic rings. The standard InChI is InChI=1S/C15H24N4O/c1-5-10-17-15(16-2)18-11-12-6-8-13(9-7-12)14(20)19(3)4/h6-9H,5,10-11H2,1-4H3,(H2,16,17,18). The quantitative estimate of drug-likeness (QED) is 0.632. The summed E-state index contributed by atoms with van der Waals surface area (Å²) in [4.78, 5) is 17.5. The lowest BCUT2D eigenvalue weighted by molar-refractivity contribution is 0.0827. The lowest BCUT2D eigenvalue weighted by atomic mass is 10.1. The van der Waals surface area contributed by atoms with Crippen molar-refractivity contribution in [2.75, 3.05) is 27.7 Å². The molecule has 0 bridgehead atoms. The average Bonchev–Trinajstić information content (AvgIpc) is 2.47. The van der Waals surface area contributed by atoms with Gasteiger partial charge in [0.1, 0.15) is 0 Å². The average molecular weight is 276 g/mol. The normalized spacial score (nSPS) is 11.1. The van der Waals surface area contributed by atoms with Gasteiger partial charge in [0.15, 0.2) is 5.96 Å². The second-order valence-corrected chi connectivity index (χ2v) is 4.75. The molecule has 20 heavy (non-hydrogen) atoms. The van der Waals surface area contributed by atoms with Gasteiger partial charge in [0, 0.05) is 39.8 Å². The van der Waals surface area contributed by atoms with Crippen molar-refractivity contribution in [3.05, 3.63) is 35.4 Å². The minimum atomic E-state index is 0.0185. The number of nitrogens with one attached hydrogen (secondary N) is 2. The van der Waals surface area contributed by atoms with Crippen LogP contribution in [0.5, 0.6) is 0 Å². The zero-order chi connectivity index (χ0) is 15.0. The molecule has 0 fully saturated rings. The van der Waals surface area contributed by atoms with E-state index in [0.717, 1.165) is 24.5 Å². The van der Waals surface area contributed by atoms with E-state index in [2.05, 4.69) is 22.5 Å². The molecule has 0 aliphatic carbocycles. The van der Waals surface area contributed by atoms with Gasteiger partial charge in [-0.15, -0.1) is 0 Å². The van der Waals surface area contributed by atoms with Crippen molar-refractivity contribution < 1.29 is 4.79 Å². The van der Waals surface area contributed by atoms with Gasteiger partial charge in [-0.05, 0) is 24.1 Å². The van der Waals surface area contributed by atoms with Gasteiger partial charge in [0.2, 0.25) is 0 Å². The Labute approximate surface area is 121 Å². The largest absolute Gasteiger partial charge is 0.356 e. The maximum absolute atomic E-state index is 11.8. The number of guanidine groups is 1. The molecule has 5 heteroatoms. The van der Waals surface area contributed by atoms with Crippen LogP contribution in [-0.2, 0) is 6.54 Å². The molecular weight excluding hydrogens is 252 g/mol. The summed E-state index contributed by atoms with van der Waals surface area (Å²) in [5.74, 6) is 0.810. The van der Waals surface area contributed by atoms with E-state index in [9.17, 15) is 4.79 Å². The summed E-state index contributed by atoms with van der Waals surface area (Å²) in [6, 6.07) is 7.61. The molecule has 0 aliphatic heterocycles. The van der Waals surface area contributed by atoms with Gasteiger partial charge in [-0.2, -0.15) is 0 Å². The van der Waals surface area contributed by atoms with E-state index in [1.165, 1.54) is 0 Å². The molecule has 0 aromatic heterocycles. The lowest BCUT2D eigenvalue weighted by Gasteiger charge is -2.12. The van der Waals surface area contributed by atoms with Crippen molar-refractivity contribution in [1.82, 2.24) is 15.5 Å². The monoisotopic (exact) mass is 276 g/mol. The van der Waals surface area contributed by atoms with Gasteiger partial charge in [-0.25, -0.2) is 0 Å². The fourth-order valence-corrected chi connectivity index (χ4v) is 1.67. The summed E-state index contributed by atoms with van der Waals surface area (Å²) in [5, 5.41) is 6.45. The molecule has 1 aromatic carbocycles. The van der Waals surface area contributed by atoms with E-state index >= 15 is 0 Å². The van der Waals surface area contributed by atoms with Crippen molar-refractivity contribution >= 4 is 11.9 Å². The Kier molecular flexibility index (Phi) is 6.56. The minimum absolute atomic E-state index is 0.0185. The topological polar surface area (TPSA) is 56.7 Å². The Morgan fingerprint density at radius 3 is 2.35 bits per heavy atom. The summed E-state index contributed by atoms with van der Waals surface area (Å²) >= 11 is 0. The van der Waals surface area contributed by atoms with Crippen molar-refractivity contribution in [2.45, 2.75) is 19.9 Å². The van der Waals surface area contributed by atoms with Gasteiger partial charge in [0.05, 0.1) is 0 Å². The molecular formula is C15H24N4O. The number of carbonyl (C=O) groups is 1. The number of rotatable bonds is 5. The molecule has 0 atom stereocenters. The second-order valence-electron chi connectivity index (χ2n) is 4.75. The molecule has 110 valence electrons. The van der Waals surface area contributed by atoms with Gasteiger partial charge in [-0.3, -0.25) is 9.79 Å². The van der Waals surface area contributed by atoms with Crippen molar-refractivity contribution in [3.8, 4) is 0 Å². The van der Waals surface area contributed by atoms with Gasteiger partial charge in [0.25, 0.3) is 5.91 Å². The van der Waals surface area contributed by atoms with Crippen molar-refractivity contribution in [3.63, 3.8) is 0 Å². The van der Waals surface area contributed by atoms with Gasteiger partial charge < -0.3 is 15.5 Å². The number of amides is 1. The van der Waals surface area contributed by atoms with E-state index in [4.69, 9.17) is 0 Å². The van der Waals surface area contributed by atoms with E-state index in [0.29, 0.717) is 12.1 Å². The highest BCUT2D eigenvalue weighted by Crippen LogP contribution is 2.06. The number of hydrogen-bond acceptors (Lipinski definition) is 2. The van der Waals surface area contributed by atoms with Crippen molar-refractivity contribution in [1.29, 1.82) is 0 Å². The van der Waals surface area contributed by atoms with Crippen LogP contribution in [0, 0.1) is 0 Å². The van der Waals surface area contributed by atoms with Crippen LogP contribution in [0.3, 0.4) is 0 Å². The number of aliphatic imine (C=N–C) groups is 1. The number of carbonyl (C=O) groups excluding carboxylic acids is 1. The zero-order valence-corrected chi connectivity index (χ0v) is 12.7. The third-order valence-corrected chi connectivity index (χ3v) is 2.83. The highest BCUT2D eigenvalue weighted by molar-refractivity contribution is 5.93. The first-order chi connectivity index (χ1) is 9.58. The molecule has 2 N–H and O–H groups in total. The highest BCUT2D eigenvalue weighted by Gasteiger charge is 2.07. The molecule has 5 nitrogen and oxygen atoms in total. The fourth-order valence-electron chi connectivity index (χ4n) is 1.67. The SMILES string of the molecule is CCCNC(=NC)NCc1ccc(C(=O)N(C)C)cc1. The van der Waals surface area contributed by atoms with Crippen LogP contribution >= 0.6 is 0 Å². The summed E-state index contributed by atoms with van der Waals surface area (Å²) in [7, 11) is 5.26.